The molecule has 3 rings (SSSR count). The average Bonchev–Trinajstić information content (AvgIpc) is 3.02. The van der Waals surface area contributed by atoms with Gasteiger partial charge in [-0.25, -0.2) is 9.69 Å². The van der Waals surface area contributed by atoms with Crippen LogP contribution in [0.4, 0.5) is 10.5 Å². The Balaban J connectivity index is 1.68. The summed E-state index contributed by atoms with van der Waals surface area (Å²) in [6.45, 7) is 1.21. The summed E-state index contributed by atoms with van der Waals surface area (Å²) in [7, 11) is 1.17. The lowest BCUT2D eigenvalue weighted by atomic mass is 10.1. The first-order valence-electron chi connectivity index (χ1n) is 9.37. The number of nitrogens with zero attached hydrogens (tertiary/aromatic N) is 1. The van der Waals surface area contributed by atoms with E-state index in [4.69, 9.17) is 4.74 Å². The highest BCUT2D eigenvalue weighted by atomic mass is 16.5. The van der Waals surface area contributed by atoms with E-state index in [1.807, 2.05) is 19.1 Å². The Bertz CT molecular complexity index is 1050. The number of hydrogen-bond donors (Lipinski definition) is 2. The quantitative estimate of drug-likeness (QED) is 0.400. The number of benzene rings is 2. The zero-order valence-electron chi connectivity index (χ0n) is 17.0. The van der Waals surface area contributed by atoms with Gasteiger partial charge in [-0.05, 0) is 31.2 Å². The van der Waals surface area contributed by atoms with Crippen LogP contribution in [0.3, 0.4) is 0 Å². The summed E-state index contributed by atoms with van der Waals surface area (Å²) in [5.41, 5.74) is 2.19. The number of nitrogens with one attached hydrogen (secondary N) is 2. The van der Waals surface area contributed by atoms with Crippen LogP contribution in [-0.4, -0.2) is 49.0 Å². The van der Waals surface area contributed by atoms with E-state index in [9.17, 15) is 19.2 Å². The number of carbonyl (C=O) groups is 4. The number of urea groups is 1. The molecule has 9 nitrogen and oxygen atoms in total. The fourth-order valence-electron chi connectivity index (χ4n) is 2.77. The van der Waals surface area contributed by atoms with Gasteiger partial charge in [0.15, 0.2) is 6.61 Å². The number of rotatable bonds is 7. The molecule has 0 atom stereocenters. The maximum atomic E-state index is 12.4. The van der Waals surface area contributed by atoms with Crippen molar-refractivity contribution in [3.05, 3.63) is 65.4 Å². The number of methoxy groups -OCH3 is 1. The maximum Gasteiger partial charge on any atom is 0.329 e. The SMILES string of the molecule is COC(=O)CN1C(=O)N/C(=C/c2ccccc2OCC(=O)Nc2ccc(C)cc2)C1=O. The highest BCUT2D eigenvalue weighted by Gasteiger charge is 2.35. The molecule has 31 heavy (non-hydrogen) atoms. The predicted octanol–water partition coefficient (Wildman–Crippen LogP) is 2.08. The second-order valence-corrected chi connectivity index (χ2v) is 6.70. The normalized spacial score (nSPS) is 14.4. The smallest absolute Gasteiger partial charge is 0.329 e. The van der Waals surface area contributed by atoms with Crippen LogP contribution in [0.2, 0.25) is 0 Å². The van der Waals surface area contributed by atoms with Crippen molar-refractivity contribution in [2.24, 2.45) is 0 Å². The first-order valence-corrected chi connectivity index (χ1v) is 9.37. The van der Waals surface area contributed by atoms with Crippen molar-refractivity contribution in [2.45, 2.75) is 6.92 Å². The summed E-state index contributed by atoms with van der Waals surface area (Å²) in [4.78, 5) is 48.8. The summed E-state index contributed by atoms with van der Waals surface area (Å²) in [6, 6.07) is 13.4. The molecule has 160 valence electrons. The molecule has 0 unspecified atom stereocenters. The molecule has 1 heterocycles. The highest BCUT2D eigenvalue weighted by Crippen LogP contribution is 2.23. The van der Waals surface area contributed by atoms with E-state index in [1.165, 1.54) is 13.2 Å². The van der Waals surface area contributed by atoms with Crippen LogP contribution in [0.25, 0.3) is 6.08 Å². The number of amides is 4. The second-order valence-electron chi connectivity index (χ2n) is 6.70. The molecule has 0 bridgehead atoms. The third-order valence-corrected chi connectivity index (χ3v) is 4.39. The number of hydrogen-bond acceptors (Lipinski definition) is 6. The summed E-state index contributed by atoms with van der Waals surface area (Å²) in [6.07, 6.45) is 1.42. The third kappa shape index (κ3) is 5.47. The van der Waals surface area contributed by atoms with Crippen molar-refractivity contribution in [3.8, 4) is 5.75 Å². The van der Waals surface area contributed by atoms with Gasteiger partial charge >= 0.3 is 12.0 Å². The van der Waals surface area contributed by atoms with Gasteiger partial charge in [0.1, 0.15) is 18.0 Å². The van der Waals surface area contributed by atoms with Crippen molar-refractivity contribution in [1.29, 1.82) is 0 Å². The van der Waals surface area contributed by atoms with Gasteiger partial charge in [-0.2, -0.15) is 0 Å². The summed E-state index contributed by atoms with van der Waals surface area (Å²) >= 11 is 0. The topological polar surface area (TPSA) is 114 Å². The Kier molecular flexibility index (Phi) is 6.66. The molecule has 4 amide bonds. The van der Waals surface area contributed by atoms with Crippen LogP contribution in [0.1, 0.15) is 11.1 Å². The fourth-order valence-corrected chi connectivity index (χ4v) is 2.77. The summed E-state index contributed by atoms with van der Waals surface area (Å²) in [5.74, 6) is -1.38. The lowest BCUT2D eigenvalue weighted by molar-refractivity contribution is -0.143. The molecule has 1 fully saturated rings. The molecule has 0 spiro atoms. The van der Waals surface area contributed by atoms with Gasteiger partial charge in [0.2, 0.25) is 0 Å². The molecular formula is C22H21N3O6. The van der Waals surface area contributed by atoms with Crippen LogP contribution in [0.5, 0.6) is 5.75 Å². The van der Waals surface area contributed by atoms with Crippen molar-refractivity contribution in [1.82, 2.24) is 10.2 Å². The largest absolute Gasteiger partial charge is 0.483 e. The standard InChI is InChI=1S/C22H21N3O6/c1-14-7-9-16(10-8-14)23-19(26)13-31-18-6-4-3-5-15(18)11-17-21(28)25(22(29)24-17)12-20(27)30-2/h3-11H,12-13H2,1-2H3,(H,23,26)(H,24,29)/b17-11+. The van der Waals surface area contributed by atoms with E-state index >= 15 is 0 Å². The van der Waals surface area contributed by atoms with Crippen molar-refractivity contribution in [2.75, 3.05) is 25.6 Å². The lowest BCUT2D eigenvalue weighted by Crippen LogP contribution is -2.36. The fraction of sp³-hybridized carbons (Fsp3) is 0.182. The highest BCUT2D eigenvalue weighted by molar-refractivity contribution is 6.15. The summed E-state index contributed by atoms with van der Waals surface area (Å²) in [5, 5.41) is 5.15. The first kappa shape index (κ1) is 21.6. The Morgan fingerprint density at radius 2 is 1.81 bits per heavy atom. The summed E-state index contributed by atoms with van der Waals surface area (Å²) < 4.78 is 10.1. The number of para-hydroxylation sites is 1. The minimum Gasteiger partial charge on any atom is -0.483 e. The van der Waals surface area contributed by atoms with Crippen molar-refractivity contribution >= 4 is 35.6 Å². The number of imide groups is 1. The Labute approximate surface area is 178 Å². The maximum absolute atomic E-state index is 12.4. The van der Waals surface area contributed by atoms with Crippen LogP contribution in [-0.2, 0) is 19.1 Å². The molecule has 2 N–H and O–H groups in total. The average molecular weight is 423 g/mol. The first-order chi connectivity index (χ1) is 14.9. The van der Waals surface area contributed by atoms with E-state index < -0.39 is 24.5 Å². The van der Waals surface area contributed by atoms with E-state index in [0.717, 1.165) is 10.5 Å². The molecule has 0 radical (unpaired) electrons. The Morgan fingerprint density at radius 3 is 2.52 bits per heavy atom. The van der Waals surface area contributed by atoms with Gasteiger partial charge in [0.05, 0.1) is 7.11 Å². The molecule has 0 aliphatic carbocycles. The molecule has 9 heteroatoms. The monoisotopic (exact) mass is 423 g/mol. The minimum absolute atomic E-state index is 0.0194. The number of esters is 1. The van der Waals surface area contributed by atoms with E-state index in [2.05, 4.69) is 15.4 Å². The number of ether oxygens (including phenoxy) is 2. The van der Waals surface area contributed by atoms with Crippen LogP contribution in [0, 0.1) is 6.92 Å². The van der Waals surface area contributed by atoms with Crippen molar-refractivity contribution < 1.29 is 28.7 Å². The van der Waals surface area contributed by atoms with E-state index in [-0.39, 0.29) is 18.2 Å². The predicted molar refractivity (Wildman–Crippen MR) is 112 cm³/mol. The molecule has 0 aromatic heterocycles. The van der Waals surface area contributed by atoms with Gasteiger partial charge in [-0.3, -0.25) is 14.4 Å². The zero-order chi connectivity index (χ0) is 22.4. The Morgan fingerprint density at radius 1 is 1.10 bits per heavy atom. The zero-order valence-corrected chi connectivity index (χ0v) is 17.0. The van der Waals surface area contributed by atoms with Gasteiger partial charge in [-0.15, -0.1) is 0 Å². The van der Waals surface area contributed by atoms with Crippen LogP contribution >= 0.6 is 0 Å². The second kappa shape index (κ2) is 9.57. The minimum atomic E-state index is -0.725. The van der Waals surface area contributed by atoms with Crippen LogP contribution < -0.4 is 15.4 Å². The Hall–Kier alpha value is -4.14. The number of anilines is 1. The molecule has 1 aliphatic rings. The molecule has 2 aromatic rings. The van der Waals surface area contributed by atoms with Gasteiger partial charge in [0.25, 0.3) is 11.8 Å². The molecular weight excluding hydrogens is 402 g/mol. The van der Waals surface area contributed by atoms with Crippen LogP contribution in [0.15, 0.2) is 54.2 Å². The third-order valence-electron chi connectivity index (χ3n) is 4.39. The lowest BCUT2D eigenvalue weighted by Gasteiger charge is -2.10. The number of carbonyl (C=O) groups excluding carboxylic acids is 4. The van der Waals surface area contributed by atoms with E-state index in [0.29, 0.717) is 17.0 Å². The molecule has 0 saturated carbocycles. The number of aryl methyl sites for hydroxylation is 1. The van der Waals surface area contributed by atoms with Gasteiger partial charge in [0, 0.05) is 11.3 Å². The molecule has 1 aliphatic heterocycles. The van der Waals surface area contributed by atoms with Gasteiger partial charge < -0.3 is 20.1 Å². The van der Waals surface area contributed by atoms with Crippen molar-refractivity contribution in [3.63, 3.8) is 0 Å². The van der Waals surface area contributed by atoms with Gasteiger partial charge in [-0.1, -0.05) is 35.9 Å². The van der Waals surface area contributed by atoms with E-state index in [1.54, 1.807) is 36.4 Å². The molecule has 1 saturated heterocycles. The molecule has 2 aromatic carbocycles.